The zero-order valence-electron chi connectivity index (χ0n) is 14.0. The molecular weight excluding hydrogens is 326 g/mol. The van der Waals surface area contributed by atoms with E-state index in [9.17, 15) is 14.4 Å². The van der Waals surface area contributed by atoms with Crippen LogP contribution in [0, 0.1) is 5.92 Å². The lowest BCUT2D eigenvalue weighted by Crippen LogP contribution is -2.46. The van der Waals surface area contributed by atoms with Crippen LogP contribution in [0.1, 0.15) is 10.4 Å². The third kappa shape index (κ3) is 3.58. The van der Waals surface area contributed by atoms with Gasteiger partial charge in [-0.3, -0.25) is 14.4 Å². The second kappa shape index (κ2) is 7.10. The largest absolute Gasteiger partial charge is 0.483 e. The maximum Gasteiger partial charge on any atom is 0.260 e. The van der Waals surface area contributed by atoms with E-state index in [4.69, 9.17) is 15.2 Å². The number of carbonyl (C=O) groups is 3. The molecule has 0 radical (unpaired) electrons. The van der Waals surface area contributed by atoms with Crippen molar-refractivity contribution >= 4 is 17.7 Å². The van der Waals surface area contributed by atoms with Crippen molar-refractivity contribution in [1.29, 1.82) is 0 Å². The molecule has 0 unspecified atom stereocenters. The third-order valence-electron chi connectivity index (χ3n) is 4.60. The number of nitrogens with zero attached hydrogens (tertiary/aromatic N) is 2. The lowest BCUT2D eigenvalue weighted by Gasteiger charge is -2.29. The van der Waals surface area contributed by atoms with Gasteiger partial charge in [-0.05, 0) is 12.1 Å². The number of amides is 3. The van der Waals surface area contributed by atoms with E-state index in [1.165, 1.54) is 0 Å². The van der Waals surface area contributed by atoms with E-state index in [-0.39, 0.29) is 41.7 Å². The van der Waals surface area contributed by atoms with Gasteiger partial charge in [0, 0.05) is 20.1 Å². The summed E-state index contributed by atoms with van der Waals surface area (Å²) in [4.78, 5) is 39.6. The van der Waals surface area contributed by atoms with Crippen molar-refractivity contribution < 1.29 is 23.9 Å². The topological polar surface area (TPSA) is 102 Å². The first-order valence-electron chi connectivity index (χ1n) is 8.11. The number of hydrogen-bond acceptors (Lipinski definition) is 5. The zero-order valence-corrected chi connectivity index (χ0v) is 14.0. The molecule has 25 heavy (non-hydrogen) atoms. The minimum atomic E-state index is -0.614. The minimum Gasteiger partial charge on any atom is -0.483 e. The van der Waals surface area contributed by atoms with Crippen LogP contribution in [0.5, 0.6) is 5.75 Å². The minimum absolute atomic E-state index is 0.00204. The van der Waals surface area contributed by atoms with Crippen molar-refractivity contribution in [2.45, 2.75) is 6.04 Å². The molecule has 2 heterocycles. The van der Waals surface area contributed by atoms with E-state index in [2.05, 4.69) is 0 Å². The van der Waals surface area contributed by atoms with Crippen LogP contribution in [0.3, 0.4) is 0 Å². The van der Waals surface area contributed by atoms with Crippen LogP contribution < -0.4 is 10.5 Å². The monoisotopic (exact) mass is 347 g/mol. The highest BCUT2D eigenvalue weighted by Gasteiger charge is 2.38. The van der Waals surface area contributed by atoms with Gasteiger partial charge in [0.1, 0.15) is 5.75 Å². The number of benzene rings is 1. The molecule has 0 aromatic heterocycles. The first-order valence-corrected chi connectivity index (χ1v) is 8.11. The van der Waals surface area contributed by atoms with Crippen molar-refractivity contribution in [3.05, 3.63) is 29.8 Å². The van der Waals surface area contributed by atoms with E-state index < -0.39 is 5.91 Å². The quantitative estimate of drug-likeness (QED) is 0.790. The molecule has 2 fully saturated rings. The van der Waals surface area contributed by atoms with Gasteiger partial charge in [0.25, 0.3) is 11.8 Å². The molecule has 2 aliphatic rings. The van der Waals surface area contributed by atoms with Crippen molar-refractivity contribution in [3.63, 3.8) is 0 Å². The number of primary amides is 1. The summed E-state index contributed by atoms with van der Waals surface area (Å²) in [5.41, 5.74) is 5.53. The lowest BCUT2D eigenvalue weighted by molar-refractivity contribution is -0.135. The van der Waals surface area contributed by atoms with Gasteiger partial charge in [0.2, 0.25) is 5.91 Å². The molecule has 2 saturated heterocycles. The highest BCUT2D eigenvalue weighted by Crippen LogP contribution is 2.21. The molecule has 0 spiro atoms. The average Bonchev–Trinajstić information content (AvgIpc) is 2.78. The number of carbonyl (C=O) groups excluding carboxylic acids is 3. The molecule has 3 amide bonds. The number of ether oxygens (including phenoxy) is 2. The molecule has 1 aromatic carbocycles. The molecule has 1 aromatic rings. The smallest absolute Gasteiger partial charge is 0.260 e. The fourth-order valence-electron chi connectivity index (χ4n) is 3.13. The van der Waals surface area contributed by atoms with Gasteiger partial charge in [-0.25, -0.2) is 0 Å². The number of hydrogen-bond donors (Lipinski definition) is 1. The van der Waals surface area contributed by atoms with Crippen LogP contribution in [-0.4, -0.2) is 73.5 Å². The molecule has 134 valence electrons. The molecule has 2 N–H and O–H groups in total. The van der Waals surface area contributed by atoms with Gasteiger partial charge < -0.3 is 25.0 Å². The Morgan fingerprint density at radius 3 is 2.80 bits per heavy atom. The van der Waals surface area contributed by atoms with Crippen LogP contribution in [0.4, 0.5) is 0 Å². The summed E-state index contributed by atoms with van der Waals surface area (Å²) in [6.45, 7) is 1.21. The third-order valence-corrected chi connectivity index (χ3v) is 4.60. The van der Waals surface area contributed by atoms with Gasteiger partial charge in [-0.2, -0.15) is 0 Å². The summed E-state index contributed by atoms with van der Waals surface area (Å²) >= 11 is 0. The van der Waals surface area contributed by atoms with E-state index >= 15 is 0 Å². The summed E-state index contributed by atoms with van der Waals surface area (Å²) in [6.07, 6.45) is 0. The molecular formula is C17H21N3O5. The zero-order chi connectivity index (χ0) is 18.0. The molecule has 8 nitrogen and oxygen atoms in total. The Hall–Kier alpha value is -2.61. The Labute approximate surface area is 145 Å². The predicted octanol–water partition coefficient (Wildman–Crippen LogP) is -0.520. The van der Waals surface area contributed by atoms with Gasteiger partial charge in [0.05, 0.1) is 30.7 Å². The average molecular weight is 347 g/mol. The number of nitrogens with two attached hydrogens (primary N) is 1. The number of para-hydroxylation sites is 1. The number of likely N-dealkylation sites (N-methyl/N-ethyl adjacent to an activating group) is 1. The summed E-state index contributed by atoms with van der Waals surface area (Å²) in [5, 5.41) is 0. The molecule has 8 heteroatoms. The highest BCUT2D eigenvalue weighted by atomic mass is 16.5. The molecule has 0 aliphatic carbocycles. The van der Waals surface area contributed by atoms with E-state index in [0.29, 0.717) is 26.3 Å². The van der Waals surface area contributed by atoms with Crippen LogP contribution >= 0.6 is 0 Å². The molecule has 2 atom stereocenters. The van der Waals surface area contributed by atoms with Crippen LogP contribution in [0.2, 0.25) is 0 Å². The van der Waals surface area contributed by atoms with Gasteiger partial charge in [-0.15, -0.1) is 0 Å². The molecule has 3 rings (SSSR count). The van der Waals surface area contributed by atoms with Crippen LogP contribution in [0.15, 0.2) is 24.3 Å². The van der Waals surface area contributed by atoms with Crippen LogP contribution in [0.25, 0.3) is 0 Å². The molecule has 2 aliphatic heterocycles. The fourth-order valence-corrected chi connectivity index (χ4v) is 3.13. The predicted molar refractivity (Wildman–Crippen MR) is 87.9 cm³/mol. The second-order valence-corrected chi connectivity index (χ2v) is 6.29. The summed E-state index contributed by atoms with van der Waals surface area (Å²) in [5.74, 6) is -0.942. The number of rotatable bonds is 4. The Kier molecular flexibility index (Phi) is 4.89. The molecule has 0 saturated carbocycles. The van der Waals surface area contributed by atoms with Crippen molar-refractivity contribution in [2.75, 3.05) is 40.0 Å². The van der Waals surface area contributed by atoms with E-state index in [0.717, 1.165) is 0 Å². The highest BCUT2D eigenvalue weighted by molar-refractivity contribution is 5.95. The van der Waals surface area contributed by atoms with E-state index in [1.807, 2.05) is 0 Å². The maximum atomic E-state index is 12.6. The maximum absolute atomic E-state index is 12.6. The Morgan fingerprint density at radius 2 is 2.04 bits per heavy atom. The van der Waals surface area contributed by atoms with Gasteiger partial charge >= 0.3 is 0 Å². The Balaban J connectivity index is 1.68. The van der Waals surface area contributed by atoms with Crippen molar-refractivity contribution in [1.82, 2.24) is 9.80 Å². The van der Waals surface area contributed by atoms with Crippen LogP contribution in [-0.2, 0) is 14.3 Å². The SMILES string of the molecule is CN1C(=O)[C@H]2COC[C@@H]1CN(C(=O)COc1ccccc1C(N)=O)C2. The van der Waals surface area contributed by atoms with Crippen molar-refractivity contribution in [2.24, 2.45) is 11.7 Å². The Bertz CT molecular complexity index is 693. The van der Waals surface area contributed by atoms with Gasteiger partial charge in [0.15, 0.2) is 6.61 Å². The van der Waals surface area contributed by atoms with E-state index in [1.54, 1.807) is 41.1 Å². The standard InChI is InChI=1S/C17H21N3O5/c1-19-12-7-20(6-11(17(19)23)8-24-9-12)15(21)10-25-14-5-3-2-4-13(14)16(18)22/h2-5,11-12H,6-10H2,1H3,(H2,18,22)/t11-,12+/m1/s1. The second-order valence-electron chi connectivity index (χ2n) is 6.29. The summed E-state index contributed by atoms with van der Waals surface area (Å²) < 4.78 is 11.0. The Morgan fingerprint density at radius 1 is 1.28 bits per heavy atom. The summed E-state index contributed by atoms with van der Waals surface area (Å²) in [6, 6.07) is 6.35. The van der Waals surface area contributed by atoms with Crippen molar-refractivity contribution in [3.8, 4) is 5.75 Å². The first kappa shape index (κ1) is 17.2. The van der Waals surface area contributed by atoms with Gasteiger partial charge in [-0.1, -0.05) is 12.1 Å². The lowest BCUT2D eigenvalue weighted by atomic mass is 10.1. The first-order chi connectivity index (χ1) is 12.0. The fraction of sp³-hybridized carbons (Fsp3) is 0.471. The normalized spacial score (nSPS) is 23.2. The molecule has 2 bridgehead atoms. The number of fused-ring (bicyclic) bond motifs is 3. The summed E-state index contributed by atoms with van der Waals surface area (Å²) in [7, 11) is 1.74.